The molecule has 1 saturated heterocycles. The predicted molar refractivity (Wildman–Crippen MR) is 92.4 cm³/mol. The third-order valence-corrected chi connectivity index (χ3v) is 4.13. The lowest BCUT2D eigenvalue weighted by atomic mass is 10.1. The van der Waals surface area contributed by atoms with E-state index in [0.717, 1.165) is 10.5 Å². The number of halogens is 1. The van der Waals surface area contributed by atoms with Gasteiger partial charge in [-0.05, 0) is 11.6 Å². The highest BCUT2D eigenvalue weighted by atomic mass is 19.1. The Morgan fingerprint density at radius 3 is 2.50 bits per heavy atom. The van der Waals surface area contributed by atoms with Gasteiger partial charge in [0.2, 0.25) is 5.91 Å². The van der Waals surface area contributed by atoms with E-state index in [1.165, 1.54) is 6.07 Å². The summed E-state index contributed by atoms with van der Waals surface area (Å²) in [6.07, 6.45) is 0.360. The van der Waals surface area contributed by atoms with Gasteiger partial charge in [0.15, 0.2) is 0 Å². The van der Waals surface area contributed by atoms with Crippen LogP contribution in [0.5, 0.6) is 0 Å². The lowest BCUT2D eigenvalue weighted by Crippen LogP contribution is -2.41. The number of hydrogen-bond acceptors (Lipinski definition) is 3. The lowest BCUT2D eigenvalue weighted by Gasteiger charge is -2.13. The van der Waals surface area contributed by atoms with Gasteiger partial charge in [0.25, 0.3) is 5.91 Å². The van der Waals surface area contributed by atoms with Crippen molar-refractivity contribution in [2.75, 3.05) is 6.54 Å². The van der Waals surface area contributed by atoms with Gasteiger partial charge in [-0.2, -0.15) is 0 Å². The first-order valence-electron chi connectivity index (χ1n) is 8.20. The van der Waals surface area contributed by atoms with Crippen molar-refractivity contribution in [2.24, 2.45) is 0 Å². The summed E-state index contributed by atoms with van der Waals surface area (Å²) in [7, 11) is 0. The topological polar surface area (TPSA) is 78.5 Å². The quantitative estimate of drug-likeness (QED) is 0.773. The van der Waals surface area contributed by atoms with Crippen LogP contribution < -0.4 is 10.6 Å². The van der Waals surface area contributed by atoms with Gasteiger partial charge in [-0.25, -0.2) is 9.18 Å². The minimum atomic E-state index is -0.690. The average Bonchev–Trinajstić information content (AvgIpc) is 2.89. The first-order valence-corrected chi connectivity index (χ1v) is 8.20. The molecule has 7 heteroatoms. The summed E-state index contributed by atoms with van der Waals surface area (Å²) in [5, 5.41) is 5.11. The molecule has 1 aliphatic rings. The van der Waals surface area contributed by atoms with E-state index in [4.69, 9.17) is 0 Å². The van der Waals surface area contributed by atoms with Crippen LogP contribution in [0.25, 0.3) is 0 Å². The fraction of sp³-hybridized carbons (Fsp3) is 0.211. The number of benzene rings is 2. The van der Waals surface area contributed by atoms with Crippen molar-refractivity contribution in [1.82, 2.24) is 15.5 Å². The lowest BCUT2D eigenvalue weighted by molar-refractivity contribution is -0.132. The molecule has 0 bridgehead atoms. The van der Waals surface area contributed by atoms with Crippen LogP contribution in [-0.2, 0) is 22.6 Å². The Labute approximate surface area is 150 Å². The van der Waals surface area contributed by atoms with Gasteiger partial charge in [-0.1, -0.05) is 48.5 Å². The molecule has 1 atom stereocenters. The number of nitrogens with one attached hydrogen (secondary N) is 2. The Balaban J connectivity index is 1.55. The van der Waals surface area contributed by atoms with E-state index in [-0.39, 0.29) is 6.54 Å². The normalized spacial score (nSPS) is 16.5. The highest BCUT2D eigenvalue weighted by Gasteiger charge is 2.38. The summed E-state index contributed by atoms with van der Waals surface area (Å²) < 4.78 is 13.5. The summed E-state index contributed by atoms with van der Waals surface area (Å²) in [6.45, 7) is -0.410. The maximum absolute atomic E-state index is 13.5. The molecule has 1 aliphatic heterocycles. The summed E-state index contributed by atoms with van der Waals surface area (Å²) >= 11 is 0. The summed E-state index contributed by atoms with van der Waals surface area (Å²) in [6, 6.07) is 14.1. The van der Waals surface area contributed by atoms with E-state index in [0.29, 0.717) is 12.0 Å². The fourth-order valence-electron chi connectivity index (χ4n) is 2.75. The van der Waals surface area contributed by atoms with E-state index in [9.17, 15) is 18.8 Å². The second-order valence-corrected chi connectivity index (χ2v) is 5.98. The van der Waals surface area contributed by atoms with Crippen LogP contribution in [0.3, 0.4) is 0 Å². The molecule has 0 unspecified atom stereocenters. The van der Waals surface area contributed by atoms with Gasteiger partial charge in [0, 0.05) is 18.5 Å². The zero-order valence-corrected chi connectivity index (χ0v) is 13.9. The van der Waals surface area contributed by atoms with Crippen molar-refractivity contribution in [3.63, 3.8) is 0 Å². The largest absolute Gasteiger partial charge is 0.350 e. The molecule has 134 valence electrons. The maximum Gasteiger partial charge on any atom is 0.325 e. The standard InChI is InChI=1S/C19H18FN3O3/c20-15-9-5-4-8-14(15)11-21-17(24)12-23-18(25)16(22-19(23)26)10-13-6-2-1-3-7-13/h1-9,16H,10-12H2,(H,21,24)(H,22,26)/t16-/m0/s1. The molecule has 0 radical (unpaired) electrons. The fourth-order valence-corrected chi connectivity index (χ4v) is 2.75. The van der Waals surface area contributed by atoms with Gasteiger partial charge < -0.3 is 10.6 Å². The number of hydrogen-bond donors (Lipinski definition) is 2. The summed E-state index contributed by atoms with van der Waals surface area (Å²) in [5.74, 6) is -1.40. The number of imide groups is 1. The molecular formula is C19H18FN3O3. The van der Waals surface area contributed by atoms with Crippen LogP contribution in [0, 0.1) is 5.82 Å². The van der Waals surface area contributed by atoms with Crippen LogP contribution in [0.1, 0.15) is 11.1 Å². The Bertz CT molecular complexity index is 826. The van der Waals surface area contributed by atoms with Crippen molar-refractivity contribution in [1.29, 1.82) is 0 Å². The first-order chi connectivity index (χ1) is 12.5. The molecule has 0 aromatic heterocycles. The van der Waals surface area contributed by atoms with Crippen molar-refractivity contribution >= 4 is 17.8 Å². The zero-order valence-electron chi connectivity index (χ0n) is 13.9. The van der Waals surface area contributed by atoms with Gasteiger partial charge in [-0.3, -0.25) is 14.5 Å². The Morgan fingerprint density at radius 1 is 1.08 bits per heavy atom. The van der Waals surface area contributed by atoms with E-state index < -0.39 is 36.2 Å². The molecule has 0 aliphatic carbocycles. The van der Waals surface area contributed by atoms with Crippen molar-refractivity contribution in [3.8, 4) is 0 Å². The number of amides is 4. The second kappa shape index (κ2) is 7.77. The number of carbonyl (C=O) groups excluding carboxylic acids is 3. The van der Waals surface area contributed by atoms with E-state index >= 15 is 0 Å². The van der Waals surface area contributed by atoms with Crippen LogP contribution in [0.4, 0.5) is 9.18 Å². The van der Waals surface area contributed by atoms with Crippen molar-refractivity contribution in [3.05, 3.63) is 71.5 Å². The molecule has 2 aromatic rings. The predicted octanol–water partition coefficient (Wildman–Crippen LogP) is 1.60. The number of urea groups is 1. The van der Waals surface area contributed by atoms with Gasteiger partial charge >= 0.3 is 6.03 Å². The molecule has 26 heavy (non-hydrogen) atoms. The minimum Gasteiger partial charge on any atom is -0.350 e. The van der Waals surface area contributed by atoms with Crippen LogP contribution in [-0.4, -0.2) is 35.3 Å². The van der Waals surface area contributed by atoms with Gasteiger partial charge in [0.1, 0.15) is 18.4 Å². The molecule has 2 aromatic carbocycles. The van der Waals surface area contributed by atoms with Gasteiger partial charge in [0.05, 0.1) is 0 Å². The molecule has 1 fully saturated rings. The molecule has 4 amide bonds. The monoisotopic (exact) mass is 355 g/mol. The number of nitrogens with zero attached hydrogens (tertiary/aromatic N) is 1. The number of rotatable bonds is 6. The zero-order chi connectivity index (χ0) is 18.5. The van der Waals surface area contributed by atoms with Gasteiger partial charge in [-0.15, -0.1) is 0 Å². The Morgan fingerprint density at radius 2 is 1.77 bits per heavy atom. The molecule has 1 heterocycles. The van der Waals surface area contributed by atoms with Crippen LogP contribution in [0.2, 0.25) is 0 Å². The van der Waals surface area contributed by atoms with Crippen molar-refractivity contribution in [2.45, 2.75) is 19.0 Å². The van der Waals surface area contributed by atoms with E-state index in [1.807, 2.05) is 30.3 Å². The summed E-state index contributed by atoms with van der Waals surface area (Å²) in [5.41, 5.74) is 1.25. The third kappa shape index (κ3) is 4.05. The SMILES string of the molecule is O=C(CN1C(=O)N[C@@H](Cc2ccccc2)C1=O)NCc1ccccc1F. The number of carbonyl (C=O) groups is 3. The second-order valence-electron chi connectivity index (χ2n) is 5.98. The smallest absolute Gasteiger partial charge is 0.325 e. The highest BCUT2D eigenvalue weighted by Crippen LogP contribution is 2.12. The average molecular weight is 355 g/mol. The van der Waals surface area contributed by atoms with E-state index in [2.05, 4.69) is 10.6 Å². The van der Waals surface area contributed by atoms with Crippen LogP contribution >= 0.6 is 0 Å². The first kappa shape index (κ1) is 17.6. The highest BCUT2D eigenvalue weighted by molar-refractivity contribution is 6.06. The Hall–Kier alpha value is -3.22. The third-order valence-electron chi connectivity index (χ3n) is 4.13. The minimum absolute atomic E-state index is 0.0113. The molecule has 6 nitrogen and oxygen atoms in total. The van der Waals surface area contributed by atoms with Crippen LogP contribution in [0.15, 0.2) is 54.6 Å². The van der Waals surface area contributed by atoms with Crippen molar-refractivity contribution < 1.29 is 18.8 Å². The molecule has 3 rings (SSSR count). The molecule has 0 saturated carbocycles. The summed E-state index contributed by atoms with van der Waals surface area (Å²) in [4.78, 5) is 37.3. The van der Waals surface area contributed by atoms with E-state index in [1.54, 1.807) is 18.2 Å². The Kier molecular flexibility index (Phi) is 5.26. The molecule has 0 spiro atoms. The molecule has 2 N–H and O–H groups in total. The molecular weight excluding hydrogens is 337 g/mol. The maximum atomic E-state index is 13.5.